The molecule has 2 heterocycles. The smallest absolute Gasteiger partial charge is 0.202 e. The molecule has 3 N–H and O–H groups in total. The molecular formula is C12H11N5. The van der Waals surface area contributed by atoms with E-state index in [1.807, 2.05) is 42.6 Å². The largest absolute Gasteiger partial charge is 0.398 e. The monoisotopic (exact) mass is 225 g/mol. The SMILES string of the molecule is Nc1ccccc1C1=N[C@@H](c2ccc[nH]2)N=N1. The molecule has 1 aromatic carbocycles. The van der Waals surface area contributed by atoms with Gasteiger partial charge in [-0.1, -0.05) is 12.1 Å². The van der Waals surface area contributed by atoms with Crippen molar-refractivity contribution in [3.05, 3.63) is 53.9 Å². The van der Waals surface area contributed by atoms with Gasteiger partial charge in [0.25, 0.3) is 0 Å². The van der Waals surface area contributed by atoms with Crippen molar-refractivity contribution >= 4 is 11.5 Å². The van der Waals surface area contributed by atoms with Gasteiger partial charge < -0.3 is 10.7 Å². The highest BCUT2D eigenvalue weighted by molar-refractivity contribution is 6.04. The number of aromatic nitrogens is 1. The molecule has 1 aliphatic rings. The fourth-order valence-corrected chi connectivity index (χ4v) is 1.74. The molecule has 5 heteroatoms. The van der Waals surface area contributed by atoms with E-state index < -0.39 is 0 Å². The zero-order chi connectivity index (χ0) is 11.7. The van der Waals surface area contributed by atoms with Gasteiger partial charge in [-0.05, 0) is 24.3 Å². The number of nitrogen functional groups attached to an aromatic ring is 1. The van der Waals surface area contributed by atoms with Gasteiger partial charge in [0.2, 0.25) is 6.17 Å². The minimum Gasteiger partial charge on any atom is -0.398 e. The summed E-state index contributed by atoms with van der Waals surface area (Å²) in [7, 11) is 0. The maximum absolute atomic E-state index is 5.87. The van der Waals surface area contributed by atoms with Crippen LogP contribution in [-0.2, 0) is 0 Å². The number of aliphatic imine (C=N–C) groups is 1. The van der Waals surface area contributed by atoms with Crippen molar-refractivity contribution in [3.63, 3.8) is 0 Å². The van der Waals surface area contributed by atoms with Crippen LogP contribution >= 0.6 is 0 Å². The van der Waals surface area contributed by atoms with Crippen LogP contribution in [0.2, 0.25) is 0 Å². The predicted molar refractivity (Wildman–Crippen MR) is 65.8 cm³/mol. The zero-order valence-electron chi connectivity index (χ0n) is 9.04. The molecule has 0 saturated carbocycles. The van der Waals surface area contributed by atoms with Crippen LogP contribution in [0.25, 0.3) is 0 Å². The van der Waals surface area contributed by atoms with E-state index in [0.29, 0.717) is 11.5 Å². The molecule has 0 amide bonds. The minimum absolute atomic E-state index is 0.278. The van der Waals surface area contributed by atoms with Gasteiger partial charge in [-0.2, -0.15) is 5.11 Å². The fraction of sp³-hybridized carbons (Fsp3) is 0.0833. The summed E-state index contributed by atoms with van der Waals surface area (Å²) in [4.78, 5) is 7.51. The van der Waals surface area contributed by atoms with Gasteiger partial charge >= 0.3 is 0 Å². The molecule has 0 spiro atoms. The van der Waals surface area contributed by atoms with E-state index in [4.69, 9.17) is 5.73 Å². The highest BCUT2D eigenvalue weighted by Gasteiger charge is 2.18. The number of azo groups is 1. The van der Waals surface area contributed by atoms with Crippen molar-refractivity contribution in [2.45, 2.75) is 6.17 Å². The number of rotatable bonds is 2. The number of H-pyrrole nitrogens is 1. The van der Waals surface area contributed by atoms with Gasteiger partial charge in [-0.15, -0.1) is 5.11 Å². The van der Waals surface area contributed by atoms with Crippen molar-refractivity contribution in [1.82, 2.24) is 4.98 Å². The first-order chi connectivity index (χ1) is 8.34. The third-order valence-corrected chi connectivity index (χ3v) is 2.61. The Balaban J connectivity index is 1.95. The van der Waals surface area contributed by atoms with Crippen LogP contribution in [0.15, 0.2) is 57.8 Å². The average molecular weight is 225 g/mol. The Morgan fingerprint density at radius 1 is 1.12 bits per heavy atom. The summed E-state index contributed by atoms with van der Waals surface area (Å²) in [6.45, 7) is 0. The molecule has 17 heavy (non-hydrogen) atoms. The molecule has 84 valence electrons. The molecule has 5 nitrogen and oxygen atoms in total. The number of nitrogens with zero attached hydrogens (tertiary/aromatic N) is 3. The summed E-state index contributed by atoms with van der Waals surface area (Å²) in [5.74, 6) is 0.586. The highest BCUT2D eigenvalue weighted by atomic mass is 15.3. The van der Waals surface area contributed by atoms with Crippen LogP contribution in [-0.4, -0.2) is 10.8 Å². The Morgan fingerprint density at radius 2 is 2.00 bits per heavy atom. The Morgan fingerprint density at radius 3 is 2.76 bits per heavy atom. The van der Waals surface area contributed by atoms with Crippen molar-refractivity contribution in [2.24, 2.45) is 15.2 Å². The summed E-state index contributed by atoms with van der Waals surface area (Å²) < 4.78 is 0. The van der Waals surface area contributed by atoms with E-state index in [0.717, 1.165) is 11.3 Å². The standard InChI is InChI=1S/C12H11N5/c13-9-5-2-1-4-8(9)11-15-12(17-16-11)10-6-3-7-14-10/h1-7,12,14H,13H2/t12-/m1/s1. The van der Waals surface area contributed by atoms with Gasteiger partial charge in [-0.3, -0.25) is 0 Å². The first-order valence-electron chi connectivity index (χ1n) is 5.31. The van der Waals surface area contributed by atoms with E-state index in [9.17, 15) is 0 Å². The van der Waals surface area contributed by atoms with Crippen LogP contribution < -0.4 is 5.73 Å². The van der Waals surface area contributed by atoms with Gasteiger partial charge in [0.05, 0.1) is 5.69 Å². The number of hydrogen-bond donors (Lipinski definition) is 2. The first kappa shape index (κ1) is 9.77. The molecule has 1 atom stereocenters. The van der Waals surface area contributed by atoms with Crippen LogP contribution in [0.3, 0.4) is 0 Å². The number of anilines is 1. The lowest BCUT2D eigenvalue weighted by atomic mass is 10.1. The lowest BCUT2D eigenvalue weighted by Gasteiger charge is -2.01. The lowest BCUT2D eigenvalue weighted by Crippen LogP contribution is -2.00. The molecule has 0 aliphatic carbocycles. The highest BCUT2D eigenvalue weighted by Crippen LogP contribution is 2.26. The topological polar surface area (TPSA) is 78.9 Å². The van der Waals surface area contributed by atoms with Crippen LogP contribution in [0.1, 0.15) is 17.4 Å². The Kier molecular flexibility index (Phi) is 2.22. The third-order valence-electron chi connectivity index (χ3n) is 2.61. The molecule has 1 aliphatic heterocycles. The second-order valence-electron chi connectivity index (χ2n) is 3.75. The molecule has 0 bridgehead atoms. The first-order valence-corrected chi connectivity index (χ1v) is 5.31. The minimum atomic E-state index is -0.278. The second kappa shape index (κ2) is 3.86. The number of para-hydroxylation sites is 1. The van der Waals surface area contributed by atoms with Gasteiger partial charge in [0.15, 0.2) is 5.84 Å². The zero-order valence-corrected chi connectivity index (χ0v) is 9.04. The molecule has 0 fully saturated rings. The number of nitrogens with one attached hydrogen (secondary N) is 1. The molecule has 3 rings (SSSR count). The number of aromatic amines is 1. The molecule has 1 aromatic heterocycles. The third kappa shape index (κ3) is 1.71. The van der Waals surface area contributed by atoms with E-state index in [1.165, 1.54) is 0 Å². The Labute approximate surface area is 98.1 Å². The summed E-state index contributed by atoms with van der Waals surface area (Å²) in [6.07, 6.45) is 1.56. The summed E-state index contributed by atoms with van der Waals surface area (Å²) >= 11 is 0. The van der Waals surface area contributed by atoms with Crippen molar-refractivity contribution in [1.29, 1.82) is 0 Å². The van der Waals surface area contributed by atoms with Crippen LogP contribution in [0.4, 0.5) is 5.69 Å². The van der Waals surface area contributed by atoms with E-state index in [1.54, 1.807) is 0 Å². The van der Waals surface area contributed by atoms with Crippen molar-refractivity contribution in [3.8, 4) is 0 Å². The van der Waals surface area contributed by atoms with E-state index >= 15 is 0 Å². The normalized spacial score (nSPS) is 18.4. The fourth-order valence-electron chi connectivity index (χ4n) is 1.74. The molecule has 0 radical (unpaired) electrons. The van der Waals surface area contributed by atoms with E-state index in [-0.39, 0.29) is 6.17 Å². The average Bonchev–Trinajstić information content (AvgIpc) is 3.00. The molecule has 0 saturated heterocycles. The summed E-state index contributed by atoms with van der Waals surface area (Å²) in [6, 6.07) is 11.4. The maximum Gasteiger partial charge on any atom is 0.202 e. The van der Waals surface area contributed by atoms with Gasteiger partial charge in [0.1, 0.15) is 0 Å². The van der Waals surface area contributed by atoms with E-state index in [2.05, 4.69) is 20.2 Å². The van der Waals surface area contributed by atoms with Gasteiger partial charge in [0, 0.05) is 17.4 Å². The summed E-state index contributed by atoms with van der Waals surface area (Å²) in [5.41, 5.74) is 8.29. The maximum atomic E-state index is 5.87. The lowest BCUT2D eigenvalue weighted by molar-refractivity contribution is 0.747. The van der Waals surface area contributed by atoms with Crippen molar-refractivity contribution in [2.75, 3.05) is 5.73 Å². The molecule has 2 aromatic rings. The second-order valence-corrected chi connectivity index (χ2v) is 3.75. The number of amidine groups is 1. The quantitative estimate of drug-likeness (QED) is 0.756. The summed E-state index contributed by atoms with van der Waals surface area (Å²) in [5, 5.41) is 8.19. The Bertz CT molecular complexity index is 583. The molecule has 0 unspecified atom stereocenters. The van der Waals surface area contributed by atoms with Crippen LogP contribution in [0, 0.1) is 0 Å². The Hall–Kier alpha value is -2.43. The number of hydrogen-bond acceptors (Lipinski definition) is 4. The number of nitrogens with two attached hydrogens (primary N) is 1. The van der Waals surface area contributed by atoms with Crippen LogP contribution in [0.5, 0.6) is 0 Å². The predicted octanol–water partition coefficient (Wildman–Crippen LogP) is 2.51. The number of benzene rings is 1. The van der Waals surface area contributed by atoms with Crippen molar-refractivity contribution < 1.29 is 0 Å². The van der Waals surface area contributed by atoms with Gasteiger partial charge in [-0.25, -0.2) is 4.99 Å². The molecular weight excluding hydrogens is 214 g/mol.